The van der Waals surface area contributed by atoms with Gasteiger partial charge in [-0.1, -0.05) is 0 Å². The molecule has 0 spiro atoms. The summed E-state index contributed by atoms with van der Waals surface area (Å²) in [6, 6.07) is 4.14. The summed E-state index contributed by atoms with van der Waals surface area (Å²) in [5.74, 6) is 0.763. The Morgan fingerprint density at radius 2 is 2.06 bits per heavy atom. The number of nitrogens with two attached hydrogens (primary N) is 1. The zero-order chi connectivity index (χ0) is 12.4. The van der Waals surface area contributed by atoms with E-state index in [0.717, 1.165) is 17.9 Å². The number of hydrogen-bond donors (Lipinski definition) is 2. The van der Waals surface area contributed by atoms with Crippen LogP contribution in [0.25, 0.3) is 0 Å². The van der Waals surface area contributed by atoms with E-state index in [0.29, 0.717) is 5.69 Å². The number of nitrogen functional groups attached to an aromatic ring is 1. The summed E-state index contributed by atoms with van der Waals surface area (Å²) < 4.78 is 0. The number of aryl methyl sites for hydroxylation is 3. The molecule has 2 aromatic heterocycles. The Bertz CT molecular complexity index is 512. The fraction of sp³-hybridized carbons (Fsp3) is 0.308. The van der Waals surface area contributed by atoms with Crippen LogP contribution in [0.15, 0.2) is 18.3 Å². The van der Waals surface area contributed by atoms with Gasteiger partial charge in [-0.15, -0.1) is 11.3 Å². The van der Waals surface area contributed by atoms with Crippen LogP contribution in [-0.4, -0.2) is 4.98 Å². The summed E-state index contributed by atoms with van der Waals surface area (Å²) in [6.07, 6.45) is 1.82. The first kappa shape index (κ1) is 11.9. The molecule has 90 valence electrons. The van der Waals surface area contributed by atoms with Crippen LogP contribution in [0.2, 0.25) is 0 Å². The fourth-order valence-electron chi connectivity index (χ4n) is 1.65. The zero-order valence-corrected chi connectivity index (χ0v) is 11.2. The van der Waals surface area contributed by atoms with Crippen molar-refractivity contribution in [3.05, 3.63) is 39.2 Å². The highest BCUT2D eigenvalue weighted by Crippen LogP contribution is 2.22. The molecule has 0 aliphatic rings. The van der Waals surface area contributed by atoms with Crippen LogP contribution in [-0.2, 0) is 6.54 Å². The van der Waals surface area contributed by atoms with Crippen molar-refractivity contribution in [2.24, 2.45) is 0 Å². The summed E-state index contributed by atoms with van der Waals surface area (Å²) in [6.45, 7) is 7.04. The van der Waals surface area contributed by atoms with Gasteiger partial charge in [-0.25, -0.2) is 4.98 Å². The summed E-state index contributed by atoms with van der Waals surface area (Å²) in [4.78, 5) is 6.97. The largest absolute Gasteiger partial charge is 0.396 e. The van der Waals surface area contributed by atoms with Crippen molar-refractivity contribution < 1.29 is 0 Å². The molecule has 0 aliphatic heterocycles. The number of thiophene rings is 1. The van der Waals surface area contributed by atoms with E-state index < -0.39 is 0 Å². The average molecular weight is 247 g/mol. The van der Waals surface area contributed by atoms with Crippen molar-refractivity contribution in [2.75, 3.05) is 11.1 Å². The van der Waals surface area contributed by atoms with Gasteiger partial charge in [-0.05, 0) is 44.0 Å². The predicted molar refractivity (Wildman–Crippen MR) is 74.5 cm³/mol. The van der Waals surface area contributed by atoms with Gasteiger partial charge in [0.15, 0.2) is 0 Å². The molecule has 0 aliphatic carbocycles. The third-order valence-corrected chi connectivity index (χ3v) is 3.85. The molecule has 0 unspecified atom stereocenters. The number of nitrogens with one attached hydrogen (secondary N) is 1. The van der Waals surface area contributed by atoms with Gasteiger partial charge < -0.3 is 11.1 Å². The fourth-order valence-corrected chi connectivity index (χ4v) is 2.64. The summed E-state index contributed by atoms with van der Waals surface area (Å²) >= 11 is 1.81. The Labute approximate surface area is 106 Å². The highest BCUT2D eigenvalue weighted by atomic mass is 32.1. The van der Waals surface area contributed by atoms with Crippen LogP contribution in [0.1, 0.15) is 20.9 Å². The lowest BCUT2D eigenvalue weighted by atomic mass is 10.2. The van der Waals surface area contributed by atoms with Gasteiger partial charge in [0.05, 0.1) is 12.2 Å². The van der Waals surface area contributed by atoms with E-state index >= 15 is 0 Å². The maximum Gasteiger partial charge on any atom is 0.149 e. The minimum atomic E-state index is 0.704. The molecule has 4 heteroatoms. The number of aromatic nitrogens is 1. The molecule has 3 nitrogen and oxygen atoms in total. The van der Waals surface area contributed by atoms with Crippen LogP contribution in [0.3, 0.4) is 0 Å². The minimum Gasteiger partial charge on any atom is -0.396 e. The molecule has 2 rings (SSSR count). The molecule has 0 radical (unpaired) electrons. The standard InChI is InChI=1S/C13H17N3S/c1-8-4-12(14)13(15-6-8)16-7-11-5-9(2)10(3)17-11/h4-6H,7,14H2,1-3H3,(H,15,16). The van der Waals surface area contributed by atoms with E-state index in [2.05, 4.69) is 30.2 Å². The quantitative estimate of drug-likeness (QED) is 0.875. The number of hydrogen-bond acceptors (Lipinski definition) is 4. The third kappa shape index (κ3) is 2.77. The second kappa shape index (κ2) is 4.75. The van der Waals surface area contributed by atoms with Gasteiger partial charge in [0.1, 0.15) is 5.82 Å². The van der Waals surface area contributed by atoms with Gasteiger partial charge in [-0.3, -0.25) is 0 Å². The SMILES string of the molecule is Cc1cnc(NCc2cc(C)c(C)s2)c(N)c1. The van der Waals surface area contributed by atoms with E-state index in [9.17, 15) is 0 Å². The topological polar surface area (TPSA) is 50.9 Å². The molecule has 0 aromatic carbocycles. The molecule has 2 heterocycles. The highest BCUT2D eigenvalue weighted by Gasteiger charge is 2.04. The van der Waals surface area contributed by atoms with E-state index in [1.54, 1.807) is 0 Å². The van der Waals surface area contributed by atoms with Crippen molar-refractivity contribution in [2.45, 2.75) is 27.3 Å². The highest BCUT2D eigenvalue weighted by molar-refractivity contribution is 7.12. The second-order valence-electron chi connectivity index (χ2n) is 4.26. The third-order valence-electron chi connectivity index (χ3n) is 2.70. The Hall–Kier alpha value is -1.55. The van der Waals surface area contributed by atoms with Gasteiger partial charge in [0, 0.05) is 16.0 Å². The van der Waals surface area contributed by atoms with Crippen LogP contribution >= 0.6 is 11.3 Å². The number of nitrogens with zero attached hydrogens (tertiary/aromatic N) is 1. The average Bonchev–Trinajstić information content (AvgIpc) is 2.57. The van der Waals surface area contributed by atoms with Crippen molar-refractivity contribution in [3.8, 4) is 0 Å². The van der Waals surface area contributed by atoms with E-state index in [1.165, 1.54) is 15.3 Å². The van der Waals surface area contributed by atoms with Gasteiger partial charge in [-0.2, -0.15) is 0 Å². The molecule has 0 fully saturated rings. The summed E-state index contributed by atoms with van der Waals surface area (Å²) in [5, 5.41) is 3.27. The summed E-state index contributed by atoms with van der Waals surface area (Å²) in [7, 11) is 0. The normalized spacial score (nSPS) is 10.5. The lowest BCUT2D eigenvalue weighted by molar-refractivity contribution is 1.13. The van der Waals surface area contributed by atoms with Crippen molar-refractivity contribution in [3.63, 3.8) is 0 Å². The Morgan fingerprint density at radius 3 is 2.65 bits per heavy atom. The van der Waals surface area contributed by atoms with Crippen LogP contribution in [0.4, 0.5) is 11.5 Å². The van der Waals surface area contributed by atoms with E-state index in [-0.39, 0.29) is 0 Å². The maximum atomic E-state index is 5.90. The Morgan fingerprint density at radius 1 is 1.29 bits per heavy atom. The van der Waals surface area contributed by atoms with E-state index in [4.69, 9.17) is 5.73 Å². The smallest absolute Gasteiger partial charge is 0.149 e. The maximum absolute atomic E-state index is 5.90. The van der Waals surface area contributed by atoms with Crippen molar-refractivity contribution in [1.29, 1.82) is 0 Å². The van der Waals surface area contributed by atoms with Crippen LogP contribution in [0.5, 0.6) is 0 Å². The first-order valence-corrected chi connectivity index (χ1v) is 6.40. The Kier molecular flexibility index (Phi) is 3.33. The van der Waals surface area contributed by atoms with Gasteiger partial charge in [0.2, 0.25) is 0 Å². The molecular formula is C13H17N3S. The first-order chi connectivity index (χ1) is 8.06. The van der Waals surface area contributed by atoms with Crippen LogP contribution < -0.4 is 11.1 Å². The molecule has 17 heavy (non-hydrogen) atoms. The lowest BCUT2D eigenvalue weighted by Crippen LogP contribution is -2.03. The second-order valence-corrected chi connectivity index (χ2v) is 5.60. The van der Waals surface area contributed by atoms with Gasteiger partial charge >= 0.3 is 0 Å². The molecule has 0 saturated heterocycles. The molecule has 0 saturated carbocycles. The van der Waals surface area contributed by atoms with Crippen molar-refractivity contribution in [1.82, 2.24) is 4.98 Å². The van der Waals surface area contributed by atoms with Crippen molar-refractivity contribution >= 4 is 22.8 Å². The van der Waals surface area contributed by atoms with E-state index in [1.807, 2.05) is 30.5 Å². The zero-order valence-electron chi connectivity index (χ0n) is 10.4. The number of rotatable bonds is 3. The summed E-state index contributed by atoms with van der Waals surface area (Å²) in [5.41, 5.74) is 9.03. The molecule has 2 aromatic rings. The molecular weight excluding hydrogens is 230 g/mol. The number of anilines is 2. The first-order valence-electron chi connectivity index (χ1n) is 5.58. The number of pyridine rings is 1. The minimum absolute atomic E-state index is 0.704. The predicted octanol–water partition coefficient (Wildman–Crippen LogP) is 3.26. The molecule has 3 N–H and O–H groups in total. The molecule has 0 bridgehead atoms. The lowest BCUT2D eigenvalue weighted by Gasteiger charge is -2.07. The van der Waals surface area contributed by atoms with Gasteiger partial charge in [0.25, 0.3) is 0 Å². The molecule has 0 amide bonds. The Balaban J connectivity index is 2.07. The molecule has 0 atom stereocenters. The monoisotopic (exact) mass is 247 g/mol. The van der Waals surface area contributed by atoms with Crippen LogP contribution in [0, 0.1) is 20.8 Å².